The number of carbonyl (C=O) groups is 2. The molecule has 2 aromatic heterocycles. The number of ether oxygens (including phenoxy) is 1. The number of amides is 1. The second kappa shape index (κ2) is 9.09. The molecule has 4 aromatic rings. The fourth-order valence-corrected chi connectivity index (χ4v) is 3.04. The summed E-state index contributed by atoms with van der Waals surface area (Å²) in [5.41, 5.74) is 2.41. The second-order valence-corrected chi connectivity index (χ2v) is 6.80. The van der Waals surface area contributed by atoms with Crippen molar-refractivity contribution >= 4 is 29.3 Å². The van der Waals surface area contributed by atoms with Gasteiger partial charge in [0.1, 0.15) is 11.5 Å². The molecule has 1 amide bonds. The van der Waals surface area contributed by atoms with Crippen molar-refractivity contribution in [3.8, 4) is 11.4 Å². The van der Waals surface area contributed by atoms with E-state index in [9.17, 15) is 9.59 Å². The van der Waals surface area contributed by atoms with Crippen LogP contribution in [0.15, 0.2) is 71.3 Å². The SMILES string of the molecule is COC(=O)c1ccc(C)c(NC(=O)C(=Cc2ccco2)n2nnnc2-c2ccccc2)c1. The van der Waals surface area contributed by atoms with Gasteiger partial charge in [0.05, 0.1) is 18.9 Å². The van der Waals surface area contributed by atoms with E-state index >= 15 is 0 Å². The maximum absolute atomic E-state index is 13.4. The second-order valence-electron chi connectivity index (χ2n) is 6.80. The van der Waals surface area contributed by atoms with Crippen molar-refractivity contribution in [3.63, 3.8) is 0 Å². The van der Waals surface area contributed by atoms with Crippen molar-refractivity contribution in [3.05, 3.63) is 83.8 Å². The summed E-state index contributed by atoms with van der Waals surface area (Å²) in [4.78, 5) is 25.3. The minimum absolute atomic E-state index is 0.131. The number of hydrogen-bond donors (Lipinski definition) is 1. The first-order chi connectivity index (χ1) is 15.6. The number of tetrazole rings is 1. The first kappa shape index (κ1) is 20.7. The van der Waals surface area contributed by atoms with Crippen molar-refractivity contribution < 1.29 is 18.7 Å². The normalized spacial score (nSPS) is 11.2. The van der Waals surface area contributed by atoms with E-state index in [1.165, 1.54) is 24.1 Å². The minimum atomic E-state index is -0.501. The molecule has 0 saturated carbocycles. The third kappa shape index (κ3) is 4.31. The lowest BCUT2D eigenvalue weighted by Crippen LogP contribution is -2.20. The smallest absolute Gasteiger partial charge is 0.337 e. The number of furan rings is 1. The molecule has 2 heterocycles. The van der Waals surface area contributed by atoms with Gasteiger partial charge in [-0.2, -0.15) is 4.68 Å². The quantitative estimate of drug-likeness (QED) is 0.368. The predicted molar refractivity (Wildman–Crippen MR) is 117 cm³/mol. The maximum Gasteiger partial charge on any atom is 0.337 e. The molecule has 9 heteroatoms. The van der Waals surface area contributed by atoms with Crippen LogP contribution in [0.4, 0.5) is 5.69 Å². The molecule has 2 aromatic carbocycles. The van der Waals surface area contributed by atoms with Gasteiger partial charge in [-0.25, -0.2) is 4.79 Å². The lowest BCUT2D eigenvalue weighted by atomic mass is 10.1. The monoisotopic (exact) mass is 429 g/mol. The van der Waals surface area contributed by atoms with Gasteiger partial charge in [-0.15, -0.1) is 5.10 Å². The van der Waals surface area contributed by atoms with Crippen LogP contribution in [0.3, 0.4) is 0 Å². The fraction of sp³-hybridized carbons (Fsp3) is 0.0870. The Morgan fingerprint density at radius 3 is 2.62 bits per heavy atom. The Bertz CT molecular complexity index is 1280. The Kier molecular flexibility index (Phi) is 5.89. The van der Waals surface area contributed by atoms with Gasteiger partial charge in [0.2, 0.25) is 0 Å². The summed E-state index contributed by atoms with van der Waals surface area (Å²) in [6, 6.07) is 17.6. The zero-order valence-electron chi connectivity index (χ0n) is 17.4. The van der Waals surface area contributed by atoms with E-state index < -0.39 is 11.9 Å². The lowest BCUT2D eigenvalue weighted by molar-refractivity contribution is -0.111. The van der Waals surface area contributed by atoms with E-state index in [0.717, 1.165) is 11.1 Å². The number of benzene rings is 2. The molecule has 9 nitrogen and oxygen atoms in total. The zero-order chi connectivity index (χ0) is 22.5. The van der Waals surface area contributed by atoms with E-state index in [2.05, 4.69) is 20.8 Å². The number of carbonyl (C=O) groups excluding carboxylic acids is 2. The van der Waals surface area contributed by atoms with Gasteiger partial charge in [0, 0.05) is 17.3 Å². The number of hydrogen-bond acceptors (Lipinski definition) is 7. The highest BCUT2D eigenvalue weighted by Gasteiger charge is 2.21. The first-order valence-electron chi connectivity index (χ1n) is 9.66. The zero-order valence-corrected chi connectivity index (χ0v) is 17.4. The molecule has 0 saturated heterocycles. The largest absolute Gasteiger partial charge is 0.465 e. The van der Waals surface area contributed by atoms with E-state index in [0.29, 0.717) is 22.8 Å². The van der Waals surface area contributed by atoms with Gasteiger partial charge in [-0.05, 0) is 47.2 Å². The minimum Gasteiger partial charge on any atom is -0.465 e. The van der Waals surface area contributed by atoms with Crippen LogP contribution in [0, 0.1) is 6.92 Å². The average molecular weight is 429 g/mol. The summed E-state index contributed by atoms with van der Waals surface area (Å²) in [7, 11) is 1.30. The van der Waals surface area contributed by atoms with E-state index in [1.54, 1.807) is 30.3 Å². The van der Waals surface area contributed by atoms with Crippen LogP contribution in [-0.4, -0.2) is 39.2 Å². The third-order valence-corrected chi connectivity index (χ3v) is 4.69. The molecule has 0 aliphatic heterocycles. The van der Waals surface area contributed by atoms with Crippen LogP contribution >= 0.6 is 0 Å². The maximum atomic E-state index is 13.4. The molecule has 0 bridgehead atoms. The number of aromatic nitrogens is 4. The summed E-state index contributed by atoms with van der Waals surface area (Å²) in [5, 5.41) is 14.7. The summed E-state index contributed by atoms with van der Waals surface area (Å²) in [5.74, 6) is -0.155. The Balaban J connectivity index is 1.75. The molecule has 0 aliphatic carbocycles. The van der Waals surface area contributed by atoms with Crippen LogP contribution in [0.25, 0.3) is 23.2 Å². The summed E-state index contributed by atoms with van der Waals surface area (Å²) >= 11 is 0. The van der Waals surface area contributed by atoms with Crippen molar-refractivity contribution in [2.24, 2.45) is 0 Å². The standard InChI is InChI=1S/C23H19N5O4/c1-15-10-11-17(23(30)31-2)13-19(15)24-22(29)20(14-18-9-6-12-32-18)28-21(25-26-27-28)16-7-4-3-5-8-16/h3-14H,1-2H3,(H,24,29). The molecule has 160 valence electrons. The lowest BCUT2D eigenvalue weighted by Gasteiger charge is -2.13. The van der Waals surface area contributed by atoms with Crippen molar-refractivity contribution in [1.29, 1.82) is 0 Å². The first-order valence-corrected chi connectivity index (χ1v) is 9.66. The Morgan fingerprint density at radius 2 is 1.91 bits per heavy atom. The van der Waals surface area contributed by atoms with E-state index in [4.69, 9.17) is 9.15 Å². The number of aryl methyl sites for hydroxylation is 1. The molecule has 0 spiro atoms. The van der Waals surface area contributed by atoms with Gasteiger partial charge in [-0.3, -0.25) is 4.79 Å². The predicted octanol–water partition coefficient (Wildman–Crippen LogP) is 3.66. The number of esters is 1. The third-order valence-electron chi connectivity index (χ3n) is 4.69. The van der Waals surface area contributed by atoms with Crippen LogP contribution in [0.5, 0.6) is 0 Å². The molecular weight excluding hydrogens is 410 g/mol. The molecule has 0 unspecified atom stereocenters. The Labute approximate surface area is 183 Å². The van der Waals surface area contributed by atoms with Gasteiger partial charge in [0.25, 0.3) is 5.91 Å². The number of nitrogens with zero attached hydrogens (tertiary/aromatic N) is 4. The summed E-state index contributed by atoms with van der Waals surface area (Å²) in [6.07, 6.45) is 3.04. The topological polar surface area (TPSA) is 112 Å². The van der Waals surface area contributed by atoms with Crippen LogP contribution < -0.4 is 5.32 Å². The van der Waals surface area contributed by atoms with Gasteiger partial charge in [-0.1, -0.05) is 36.4 Å². The highest BCUT2D eigenvalue weighted by molar-refractivity contribution is 6.24. The molecule has 0 aliphatic rings. The molecule has 0 atom stereocenters. The molecule has 4 rings (SSSR count). The van der Waals surface area contributed by atoms with Crippen LogP contribution in [0.2, 0.25) is 0 Å². The molecule has 32 heavy (non-hydrogen) atoms. The van der Waals surface area contributed by atoms with E-state index in [-0.39, 0.29) is 5.70 Å². The molecule has 0 fully saturated rings. The highest BCUT2D eigenvalue weighted by Crippen LogP contribution is 2.23. The molecule has 1 N–H and O–H groups in total. The number of rotatable bonds is 6. The van der Waals surface area contributed by atoms with Crippen molar-refractivity contribution in [2.75, 3.05) is 12.4 Å². The number of methoxy groups -OCH3 is 1. The average Bonchev–Trinajstić information content (AvgIpc) is 3.51. The molecule has 0 radical (unpaired) electrons. The summed E-state index contributed by atoms with van der Waals surface area (Å²) < 4.78 is 11.5. The van der Waals surface area contributed by atoms with Crippen LogP contribution in [0.1, 0.15) is 21.7 Å². The van der Waals surface area contributed by atoms with Gasteiger partial charge < -0.3 is 14.5 Å². The molecular formula is C23H19N5O4. The van der Waals surface area contributed by atoms with Gasteiger partial charge in [0.15, 0.2) is 5.82 Å². The summed E-state index contributed by atoms with van der Waals surface area (Å²) in [6.45, 7) is 1.82. The van der Waals surface area contributed by atoms with Gasteiger partial charge >= 0.3 is 5.97 Å². The fourth-order valence-electron chi connectivity index (χ4n) is 3.04. The Hall–Kier alpha value is -4.53. The number of nitrogens with one attached hydrogen (secondary N) is 1. The van der Waals surface area contributed by atoms with Crippen molar-refractivity contribution in [1.82, 2.24) is 20.2 Å². The Morgan fingerprint density at radius 1 is 1.09 bits per heavy atom. The van der Waals surface area contributed by atoms with E-state index in [1.807, 2.05) is 37.3 Å². The highest BCUT2D eigenvalue weighted by atomic mass is 16.5. The van der Waals surface area contributed by atoms with Crippen LogP contribution in [-0.2, 0) is 9.53 Å². The number of anilines is 1. The van der Waals surface area contributed by atoms with Crippen molar-refractivity contribution in [2.45, 2.75) is 6.92 Å².